The molecule has 3 nitrogen and oxygen atoms in total. The number of nitrogens with one attached hydrogen (secondary N) is 1. The molecule has 0 aliphatic carbocycles. The number of rotatable bonds is 4. The van der Waals surface area contributed by atoms with E-state index < -0.39 is 0 Å². The Labute approximate surface area is 116 Å². The molecule has 0 bridgehead atoms. The molecule has 3 unspecified atom stereocenters. The van der Waals surface area contributed by atoms with Gasteiger partial charge in [-0.15, -0.1) is 0 Å². The summed E-state index contributed by atoms with van der Waals surface area (Å²) in [5.74, 6) is 0.215. The second-order valence-corrected chi connectivity index (χ2v) is 5.59. The lowest BCUT2D eigenvalue weighted by atomic mass is 10.1. The van der Waals surface area contributed by atoms with Crippen LogP contribution >= 0.6 is 0 Å². The van der Waals surface area contributed by atoms with Gasteiger partial charge in [0.1, 0.15) is 6.17 Å². The fourth-order valence-electron chi connectivity index (χ4n) is 2.86. The number of hydrogen-bond donors (Lipinski definition) is 1. The van der Waals surface area contributed by atoms with Crippen LogP contribution in [0.15, 0.2) is 24.3 Å². The van der Waals surface area contributed by atoms with Gasteiger partial charge in [0, 0.05) is 6.04 Å². The van der Waals surface area contributed by atoms with E-state index in [1.165, 1.54) is 11.1 Å². The molecule has 1 N–H and O–H groups in total. The van der Waals surface area contributed by atoms with Crippen LogP contribution < -0.4 is 5.32 Å². The van der Waals surface area contributed by atoms with Gasteiger partial charge >= 0.3 is 0 Å². The quantitative estimate of drug-likeness (QED) is 0.902. The number of aryl methyl sites for hydroxylation is 1. The van der Waals surface area contributed by atoms with Crippen molar-refractivity contribution in [1.29, 1.82) is 0 Å². The summed E-state index contributed by atoms with van der Waals surface area (Å²) in [6.45, 7) is 8.34. The Morgan fingerprint density at radius 2 is 2.16 bits per heavy atom. The molecule has 3 atom stereocenters. The van der Waals surface area contributed by atoms with Crippen LogP contribution in [0.5, 0.6) is 0 Å². The van der Waals surface area contributed by atoms with E-state index in [9.17, 15) is 4.79 Å². The third-order valence-electron chi connectivity index (χ3n) is 3.85. The van der Waals surface area contributed by atoms with Crippen LogP contribution in [-0.4, -0.2) is 22.9 Å². The van der Waals surface area contributed by atoms with E-state index in [0.29, 0.717) is 0 Å². The predicted molar refractivity (Wildman–Crippen MR) is 77.7 cm³/mol. The summed E-state index contributed by atoms with van der Waals surface area (Å²) in [7, 11) is 0. The van der Waals surface area contributed by atoms with Crippen LogP contribution in [0.4, 0.5) is 0 Å². The molecule has 1 aliphatic rings. The number of benzene rings is 1. The molecule has 1 aromatic rings. The van der Waals surface area contributed by atoms with Gasteiger partial charge in [-0.25, -0.2) is 0 Å². The van der Waals surface area contributed by atoms with E-state index in [1.54, 1.807) is 0 Å². The van der Waals surface area contributed by atoms with E-state index >= 15 is 0 Å². The first kappa shape index (κ1) is 14.1. The van der Waals surface area contributed by atoms with Gasteiger partial charge in [0.25, 0.3) is 0 Å². The lowest BCUT2D eigenvalue weighted by molar-refractivity contribution is -0.131. The Kier molecular flexibility index (Phi) is 4.25. The number of amides is 1. The Bertz CT molecular complexity index is 458. The van der Waals surface area contributed by atoms with Crippen LogP contribution in [0.1, 0.15) is 50.9 Å². The monoisotopic (exact) mass is 260 g/mol. The van der Waals surface area contributed by atoms with Gasteiger partial charge in [-0.1, -0.05) is 43.2 Å². The molecule has 19 heavy (non-hydrogen) atoms. The first-order chi connectivity index (χ1) is 9.04. The number of carbonyl (C=O) groups excluding carboxylic acids is 1. The highest BCUT2D eigenvalue weighted by Gasteiger charge is 2.39. The fourth-order valence-corrected chi connectivity index (χ4v) is 2.86. The number of nitrogens with zero attached hydrogens (tertiary/aromatic N) is 1. The van der Waals surface area contributed by atoms with Crippen molar-refractivity contribution < 1.29 is 4.79 Å². The second-order valence-electron chi connectivity index (χ2n) is 5.59. The first-order valence-electron chi connectivity index (χ1n) is 7.19. The molecule has 0 spiro atoms. The SMILES string of the molecule is CCCC(C)N1C(=O)C(C)NC1c1cccc(C)c1. The third kappa shape index (κ3) is 2.81. The zero-order valence-corrected chi connectivity index (χ0v) is 12.3. The fraction of sp³-hybridized carbons (Fsp3) is 0.562. The summed E-state index contributed by atoms with van der Waals surface area (Å²) >= 11 is 0. The molecule has 1 saturated heterocycles. The molecule has 1 aliphatic heterocycles. The van der Waals surface area contributed by atoms with Crippen molar-refractivity contribution in [3.8, 4) is 0 Å². The number of carbonyl (C=O) groups is 1. The average molecular weight is 260 g/mol. The first-order valence-corrected chi connectivity index (χ1v) is 7.19. The largest absolute Gasteiger partial charge is 0.319 e. The van der Waals surface area contributed by atoms with Crippen molar-refractivity contribution in [3.63, 3.8) is 0 Å². The van der Waals surface area contributed by atoms with Crippen LogP contribution in [-0.2, 0) is 4.79 Å². The summed E-state index contributed by atoms with van der Waals surface area (Å²) in [5, 5.41) is 3.41. The molecule has 0 aromatic heterocycles. The molecule has 104 valence electrons. The Morgan fingerprint density at radius 3 is 2.79 bits per heavy atom. The average Bonchev–Trinajstić information content (AvgIpc) is 2.66. The Morgan fingerprint density at radius 1 is 1.42 bits per heavy atom. The molecular weight excluding hydrogens is 236 g/mol. The van der Waals surface area contributed by atoms with E-state index in [1.807, 2.05) is 11.8 Å². The minimum absolute atomic E-state index is 0.0175. The third-order valence-corrected chi connectivity index (χ3v) is 3.85. The summed E-state index contributed by atoms with van der Waals surface area (Å²) in [6, 6.07) is 8.59. The van der Waals surface area contributed by atoms with Crippen LogP contribution in [0, 0.1) is 6.92 Å². The smallest absolute Gasteiger partial charge is 0.241 e. The second kappa shape index (κ2) is 5.74. The normalized spacial score (nSPS) is 24.8. The van der Waals surface area contributed by atoms with Gasteiger partial charge in [-0.05, 0) is 32.8 Å². The van der Waals surface area contributed by atoms with Crippen molar-refractivity contribution in [2.75, 3.05) is 0 Å². The van der Waals surface area contributed by atoms with E-state index in [-0.39, 0.29) is 24.2 Å². The van der Waals surface area contributed by atoms with E-state index in [0.717, 1.165) is 12.8 Å². The molecule has 2 rings (SSSR count). The van der Waals surface area contributed by atoms with Crippen molar-refractivity contribution in [1.82, 2.24) is 10.2 Å². The highest BCUT2D eigenvalue weighted by Crippen LogP contribution is 2.29. The van der Waals surface area contributed by atoms with Crippen molar-refractivity contribution in [2.24, 2.45) is 0 Å². The number of hydrogen-bond acceptors (Lipinski definition) is 2. The van der Waals surface area contributed by atoms with Gasteiger partial charge in [0.2, 0.25) is 5.91 Å². The van der Waals surface area contributed by atoms with Gasteiger partial charge in [0.15, 0.2) is 0 Å². The summed E-state index contributed by atoms with van der Waals surface area (Å²) in [4.78, 5) is 14.4. The minimum Gasteiger partial charge on any atom is -0.319 e. The van der Waals surface area contributed by atoms with Gasteiger partial charge in [0.05, 0.1) is 6.04 Å². The highest BCUT2D eigenvalue weighted by molar-refractivity contribution is 5.84. The molecule has 1 aromatic carbocycles. The molecule has 1 amide bonds. The predicted octanol–water partition coefficient (Wildman–Crippen LogP) is 3.00. The maximum Gasteiger partial charge on any atom is 0.241 e. The Hall–Kier alpha value is -1.35. The lowest BCUT2D eigenvalue weighted by Crippen LogP contribution is -2.38. The van der Waals surface area contributed by atoms with Gasteiger partial charge < -0.3 is 4.90 Å². The van der Waals surface area contributed by atoms with Crippen molar-refractivity contribution >= 4 is 5.91 Å². The topological polar surface area (TPSA) is 32.3 Å². The van der Waals surface area contributed by atoms with Gasteiger partial charge in [-0.2, -0.15) is 0 Å². The molecular formula is C16H24N2O. The lowest BCUT2D eigenvalue weighted by Gasteiger charge is -2.30. The molecule has 1 heterocycles. The Balaban J connectivity index is 2.29. The van der Waals surface area contributed by atoms with Crippen molar-refractivity contribution in [3.05, 3.63) is 35.4 Å². The maximum atomic E-state index is 12.4. The van der Waals surface area contributed by atoms with E-state index in [4.69, 9.17) is 0 Å². The van der Waals surface area contributed by atoms with Crippen LogP contribution in [0.3, 0.4) is 0 Å². The summed E-state index contributed by atoms with van der Waals surface area (Å²) in [5.41, 5.74) is 2.41. The maximum absolute atomic E-state index is 12.4. The summed E-state index contributed by atoms with van der Waals surface area (Å²) < 4.78 is 0. The summed E-state index contributed by atoms with van der Waals surface area (Å²) in [6.07, 6.45) is 2.16. The van der Waals surface area contributed by atoms with Crippen LogP contribution in [0.2, 0.25) is 0 Å². The van der Waals surface area contributed by atoms with Gasteiger partial charge in [-0.3, -0.25) is 10.1 Å². The molecule has 3 heteroatoms. The minimum atomic E-state index is -0.0928. The molecule has 1 fully saturated rings. The standard InChI is InChI=1S/C16H24N2O/c1-5-7-12(3)18-15(17-13(4)16(18)19)14-9-6-8-11(2)10-14/h6,8-10,12-13,15,17H,5,7H2,1-4H3. The zero-order chi connectivity index (χ0) is 14.0. The zero-order valence-electron chi connectivity index (χ0n) is 12.3. The molecule has 0 saturated carbocycles. The highest BCUT2D eigenvalue weighted by atomic mass is 16.2. The van der Waals surface area contributed by atoms with E-state index in [2.05, 4.69) is 50.4 Å². The van der Waals surface area contributed by atoms with Crippen molar-refractivity contribution in [2.45, 2.75) is 58.8 Å². The van der Waals surface area contributed by atoms with Crippen LogP contribution in [0.25, 0.3) is 0 Å². The molecule has 0 radical (unpaired) electrons.